The van der Waals surface area contributed by atoms with Crippen molar-refractivity contribution < 1.29 is 99.9 Å². The van der Waals surface area contributed by atoms with Gasteiger partial charge in [0, 0.05) is 13.1 Å². The fourth-order valence-electron chi connectivity index (χ4n) is 7.29. The average Bonchev–Trinajstić information content (AvgIpc) is 3.52. The largest absolute Gasteiger partial charge is 0.394 e. The molecule has 0 saturated carbocycles. The van der Waals surface area contributed by atoms with E-state index in [1.807, 2.05) is 60.7 Å². The fourth-order valence-corrected chi connectivity index (χ4v) is 7.29. The highest BCUT2D eigenvalue weighted by Crippen LogP contribution is 2.35. The Morgan fingerprint density at radius 3 is 1.42 bits per heavy atom. The van der Waals surface area contributed by atoms with Crippen LogP contribution in [0.4, 0.5) is 0 Å². The van der Waals surface area contributed by atoms with Crippen molar-refractivity contribution in [1.29, 1.82) is 0 Å². The third-order valence-corrected chi connectivity index (χ3v) is 10.8. The van der Waals surface area contributed by atoms with E-state index in [4.69, 9.17) is 38.6 Å². The zero-order chi connectivity index (χ0) is 43.7. The first-order valence-electron chi connectivity index (χ1n) is 19.4. The monoisotopic (exact) mass is 862 g/mol. The number of hydrogen-bond acceptors (Lipinski definition) is 22. The minimum atomic E-state index is -2.37. The fraction of sp³-hybridized carbons (Fsp3) is 0.684. The van der Waals surface area contributed by atoms with Crippen molar-refractivity contribution >= 4 is 0 Å². The highest BCUT2D eigenvalue weighted by atomic mass is 16.8. The van der Waals surface area contributed by atoms with E-state index < -0.39 is 149 Å². The van der Waals surface area contributed by atoms with Crippen molar-refractivity contribution in [3.63, 3.8) is 0 Å². The summed E-state index contributed by atoms with van der Waals surface area (Å²) in [7, 11) is 0. The first kappa shape index (κ1) is 48.6. The zero-order valence-corrected chi connectivity index (χ0v) is 32.3. The summed E-state index contributed by atoms with van der Waals surface area (Å²) in [5.74, 6) is -2.37. The number of hydrogen-bond donors (Lipinski definition) is 16. The molecule has 0 spiro atoms. The van der Waals surface area contributed by atoms with Gasteiger partial charge in [-0.05, 0) is 11.1 Å². The molecule has 0 aromatic heterocycles. The zero-order valence-electron chi connectivity index (χ0n) is 32.3. The van der Waals surface area contributed by atoms with E-state index in [9.17, 15) is 61.3 Å². The van der Waals surface area contributed by atoms with Crippen LogP contribution in [0, 0.1) is 0 Å². The van der Waals surface area contributed by atoms with Crippen molar-refractivity contribution in [2.45, 2.75) is 129 Å². The SMILES string of the molecule is OCC1O[C@H](OC2[C@@H](O)[C@@H](CO)O[C@@]2(O)CO)C(O)[C@@H](O)[C@@H]1O.OCC1O[C@H](OC2[C@H](O)C(CO)O[C@@H](NCc3ccccc3)[C@H]2NCc2ccccc2)[C@@H](O)C(O)[C@@H]1O. The van der Waals surface area contributed by atoms with Crippen LogP contribution in [0.3, 0.4) is 0 Å². The van der Waals surface area contributed by atoms with E-state index in [0.717, 1.165) is 11.1 Å². The topological polar surface area (TPSA) is 363 Å². The normalized spacial score (nSPS) is 42.0. The second kappa shape index (κ2) is 22.3. The molecule has 7 unspecified atom stereocenters. The van der Waals surface area contributed by atoms with Crippen LogP contribution in [0.2, 0.25) is 0 Å². The molecule has 340 valence electrons. The summed E-state index contributed by atoms with van der Waals surface area (Å²) in [5, 5.41) is 145. The lowest BCUT2D eigenvalue weighted by Crippen LogP contribution is -2.69. The van der Waals surface area contributed by atoms with E-state index >= 15 is 0 Å². The highest BCUT2D eigenvalue weighted by Gasteiger charge is 2.57. The molecule has 2 aromatic rings. The molecule has 0 aliphatic carbocycles. The molecule has 0 bridgehead atoms. The maximum atomic E-state index is 11.1. The van der Waals surface area contributed by atoms with Gasteiger partial charge in [-0.2, -0.15) is 0 Å². The van der Waals surface area contributed by atoms with Crippen LogP contribution in [-0.4, -0.2) is 221 Å². The number of ether oxygens (including phenoxy) is 6. The lowest BCUT2D eigenvalue weighted by molar-refractivity contribution is -0.342. The molecule has 0 amide bonds. The van der Waals surface area contributed by atoms with Crippen molar-refractivity contribution in [3.8, 4) is 0 Å². The lowest BCUT2D eigenvalue weighted by Gasteiger charge is -2.48. The summed E-state index contributed by atoms with van der Waals surface area (Å²) in [6, 6.07) is 18.5. The van der Waals surface area contributed by atoms with E-state index in [0.29, 0.717) is 13.1 Å². The first-order chi connectivity index (χ1) is 28.7. The second-order valence-corrected chi connectivity index (χ2v) is 14.9. The van der Waals surface area contributed by atoms with Crippen LogP contribution >= 0.6 is 0 Å². The molecular formula is C38H58N2O20. The summed E-state index contributed by atoms with van der Waals surface area (Å²) in [4.78, 5) is 0. The molecular weight excluding hydrogens is 804 g/mol. The number of aliphatic hydroxyl groups excluding tert-OH is 13. The molecule has 16 N–H and O–H groups in total. The van der Waals surface area contributed by atoms with E-state index in [1.54, 1.807) is 0 Å². The molecule has 22 heteroatoms. The van der Waals surface area contributed by atoms with Gasteiger partial charge in [-0.1, -0.05) is 60.7 Å². The maximum Gasteiger partial charge on any atom is 0.219 e. The molecule has 4 heterocycles. The highest BCUT2D eigenvalue weighted by molar-refractivity contribution is 5.16. The summed E-state index contributed by atoms with van der Waals surface area (Å²) in [5.41, 5.74) is 1.96. The summed E-state index contributed by atoms with van der Waals surface area (Å²) in [6.45, 7) is -2.62. The summed E-state index contributed by atoms with van der Waals surface area (Å²) < 4.78 is 32.8. The minimum absolute atomic E-state index is 0.392. The number of benzene rings is 2. The van der Waals surface area contributed by atoms with Crippen molar-refractivity contribution in [2.75, 3.05) is 33.0 Å². The van der Waals surface area contributed by atoms with Crippen LogP contribution in [0.15, 0.2) is 60.7 Å². The third kappa shape index (κ3) is 11.2. The Balaban J connectivity index is 0.000000255. The Kier molecular flexibility index (Phi) is 18.0. The Labute approximate surface area is 344 Å². The van der Waals surface area contributed by atoms with Gasteiger partial charge in [-0.15, -0.1) is 0 Å². The van der Waals surface area contributed by atoms with Gasteiger partial charge in [-0.3, -0.25) is 5.32 Å². The van der Waals surface area contributed by atoms with E-state index in [1.165, 1.54) is 0 Å². The van der Waals surface area contributed by atoms with Crippen LogP contribution in [0.25, 0.3) is 0 Å². The van der Waals surface area contributed by atoms with Crippen LogP contribution in [0.1, 0.15) is 11.1 Å². The lowest BCUT2D eigenvalue weighted by atomic mass is 9.94. The summed E-state index contributed by atoms with van der Waals surface area (Å²) in [6.07, 6.45) is -24.0. The Hall–Kier alpha value is -2.44. The van der Waals surface area contributed by atoms with Gasteiger partial charge in [0.15, 0.2) is 12.6 Å². The molecule has 2 aromatic carbocycles. The minimum Gasteiger partial charge on any atom is -0.394 e. The standard InChI is InChI=1S/C26H36N2O9.C12H22O11/c29-13-17-20(31)22(33)23(34)26(36-17)37-24-19(27-11-15-7-3-1-4-8-15)25(35-18(14-30)21(24)32)28-12-16-9-5-2-6-10-16;13-1-4-6(16)8(18)9(19)11(21-4)22-10-7(17)5(2-14)23-12(10,20)3-15/h1-10,17-34H,11-14H2;4-11,13-20H,1-3H2/t17?,18?,19-,20+,21+,22?,23-,24?,25+,26+;4?,5-,6-,7+,8+,9?,10?,11-,12+/m01/s1. The van der Waals surface area contributed by atoms with Gasteiger partial charge < -0.3 is 105 Å². The predicted octanol–water partition coefficient (Wildman–Crippen LogP) is -7.20. The van der Waals surface area contributed by atoms with Gasteiger partial charge in [0.05, 0.1) is 39.1 Å². The van der Waals surface area contributed by atoms with Gasteiger partial charge >= 0.3 is 0 Å². The van der Waals surface area contributed by atoms with Crippen molar-refractivity contribution in [2.24, 2.45) is 0 Å². The first-order valence-corrected chi connectivity index (χ1v) is 19.4. The number of nitrogens with one attached hydrogen (secondary N) is 2. The molecule has 19 atom stereocenters. The van der Waals surface area contributed by atoms with Gasteiger partial charge in [0.1, 0.15) is 91.7 Å². The number of aliphatic hydroxyl groups is 14. The molecule has 6 rings (SSSR count). The van der Waals surface area contributed by atoms with Gasteiger partial charge in [-0.25, -0.2) is 0 Å². The van der Waals surface area contributed by atoms with E-state index in [-0.39, 0.29) is 0 Å². The quantitative estimate of drug-likeness (QED) is 0.0791. The van der Waals surface area contributed by atoms with Gasteiger partial charge in [0.25, 0.3) is 0 Å². The van der Waals surface area contributed by atoms with Crippen LogP contribution in [0.5, 0.6) is 0 Å². The Morgan fingerprint density at radius 2 is 0.950 bits per heavy atom. The maximum absolute atomic E-state index is 11.1. The van der Waals surface area contributed by atoms with Crippen molar-refractivity contribution in [1.82, 2.24) is 10.6 Å². The second-order valence-electron chi connectivity index (χ2n) is 14.9. The molecule has 4 saturated heterocycles. The average molecular weight is 863 g/mol. The Morgan fingerprint density at radius 1 is 0.500 bits per heavy atom. The van der Waals surface area contributed by atoms with Crippen LogP contribution < -0.4 is 10.6 Å². The molecule has 4 fully saturated rings. The molecule has 0 radical (unpaired) electrons. The third-order valence-electron chi connectivity index (χ3n) is 10.8. The molecule has 4 aliphatic heterocycles. The van der Waals surface area contributed by atoms with E-state index in [2.05, 4.69) is 10.6 Å². The predicted molar refractivity (Wildman–Crippen MR) is 199 cm³/mol. The smallest absolute Gasteiger partial charge is 0.219 e. The molecule has 4 aliphatic rings. The summed E-state index contributed by atoms with van der Waals surface area (Å²) >= 11 is 0. The van der Waals surface area contributed by atoms with Crippen LogP contribution in [-0.2, 0) is 41.5 Å². The van der Waals surface area contributed by atoms with Gasteiger partial charge in [0.2, 0.25) is 5.79 Å². The molecule has 22 nitrogen and oxygen atoms in total. The Bertz CT molecular complexity index is 1540. The number of rotatable bonds is 15. The molecule has 60 heavy (non-hydrogen) atoms. The van der Waals surface area contributed by atoms with Crippen molar-refractivity contribution in [3.05, 3.63) is 71.8 Å².